The lowest BCUT2D eigenvalue weighted by Crippen LogP contribution is -2.30. The van der Waals surface area contributed by atoms with E-state index in [1.54, 1.807) is 0 Å². The molecule has 2 rings (SSSR count). The van der Waals surface area contributed by atoms with Gasteiger partial charge in [-0.15, -0.1) is 0 Å². The number of nitrogens with one attached hydrogen (secondary N) is 1. The topological polar surface area (TPSA) is 92.5 Å². The van der Waals surface area contributed by atoms with E-state index >= 15 is 0 Å². The number of hydrogen-bond donors (Lipinski definition) is 2. The SMILES string of the molecule is CC1CC(C)CC(Nc2ccc(C(=O)O)cc2[N+](=O)[O-])C1. The molecule has 6 heteroatoms. The van der Waals surface area contributed by atoms with Gasteiger partial charge in [-0.3, -0.25) is 10.1 Å². The number of nitro benzene ring substituents is 1. The van der Waals surface area contributed by atoms with E-state index in [4.69, 9.17) is 5.11 Å². The standard InChI is InChI=1S/C15H20N2O4/c1-9-5-10(2)7-12(6-9)16-13-4-3-11(15(18)19)8-14(13)17(20)21/h3-4,8-10,12,16H,5-7H2,1-2H3,(H,18,19). The predicted molar refractivity (Wildman–Crippen MR) is 79.6 cm³/mol. The Morgan fingerprint density at radius 3 is 2.43 bits per heavy atom. The second-order valence-electron chi connectivity index (χ2n) is 6.05. The number of aromatic carboxylic acids is 1. The number of benzene rings is 1. The smallest absolute Gasteiger partial charge is 0.335 e. The van der Waals surface area contributed by atoms with Gasteiger partial charge in [0.2, 0.25) is 0 Å². The third-order valence-electron chi connectivity index (χ3n) is 3.98. The zero-order valence-corrected chi connectivity index (χ0v) is 12.2. The van der Waals surface area contributed by atoms with Crippen LogP contribution in [-0.2, 0) is 0 Å². The fraction of sp³-hybridized carbons (Fsp3) is 0.533. The van der Waals surface area contributed by atoms with Gasteiger partial charge in [0.25, 0.3) is 5.69 Å². The molecular formula is C15H20N2O4. The van der Waals surface area contributed by atoms with Crippen LogP contribution in [0.2, 0.25) is 0 Å². The summed E-state index contributed by atoms with van der Waals surface area (Å²) in [4.78, 5) is 21.5. The Morgan fingerprint density at radius 1 is 1.29 bits per heavy atom. The van der Waals surface area contributed by atoms with Crippen molar-refractivity contribution in [1.82, 2.24) is 0 Å². The van der Waals surface area contributed by atoms with E-state index in [1.165, 1.54) is 18.6 Å². The quantitative estimate of drug-likeness (QED) is 0.654. The van der Waals surface area contributed by atoms with Gasteiger partial charge >= 0.3 is 5.97 Å². The minimum absolute atomic E-state index is 0.0716. The molecular weight excluding hydrogens is 272 g/mol. The Morgan fingerprint density at radius 2 is 1.90 bits per heavy atom. The van der Waals surface area contributed by atoms with Crippen LogP contribution < -0.4 is 5.32 Å². The molecule has 0 saturated heterocycles. The Labute approximate surface area is 123 Å². The van der Waals surface area contributed by atoms with Crippen molar-refractivity contribution in [3.05, 3.63) is 33.9 Å². The molecule has 1 fully saturated rings. The number of hydrogen-bond acceptors (Lipinski definition) is 4. The molecule has 0 bridgehead atoms. The zero-order chi connectivity index (χ0) is 15.6. The third-order valence-corrected chi connectivity index (χ3v) is 3.98. The van der Waals surface area contributed by atoms with Crippen LogP contribution in [-0.4, -0.2) is 22.0 Å². The summed E-state index contributed by atoms with van der Waals surface area (Å²) < 4.78 is 0. The van der Waals surface area contributed by atoms with Gasteiger partial charge in [0.05, 0.1) is 10.5 Å². The first-order chi connectivity index (χ1) is 9.86. The maximum Gasteiger partial charge on any atom is 0.335 e. The van der Waals surface area contributed by atoms with E-state index in [9.17, 15) is 14.9 Å². The fourth-order valence-corrected chi connectivity index (χ4v) is 3.22. The van der Waals surface area contributed by atoms with Gasteiger partial charge in [-0.2, -0.15) is 0 Å². The molecule has 1 aliphatic rings. The minimum Gasteiger partial charge on any atom is -0.478 e. The highest BCUT2D eigenvalue weighted by Crippen LogP contribution is 2.33. The Hall–Kier alpha value is -2.11. The van der Waals surface area contributed by atoms with Crippen LogP contribution >= 0.6 is 0 Å². The van der Waals surface area contributed by atoms with Crippen molar-refractivity contribution in [2.75, 3.05) is 5.32 Å². The van der Waals surface area contributed by atoms with Crippen LogP contribution in [0.1, 0.15) is 43.5 Å². The molecule has 2 N–H and O–H groups in total. The molecule has 2 atom stereocenters. The number of nitrogens with zero attached hydrogens (tertiary/aromatic N) is 1. The van der Waals surface area contributed by atoms with E-state index in [2.05, 4.69) is 19.2 Å². The first-order valence-corrected chi connectivity index (χ1v) is 7.15. The third kappa shape index (κ3) is 3.71. The number of carbonyl (C=O) groups is 1. The highest BCUT2D eigenvalue weighted by Gasteiger charge is 2.26. The summed E-state index contributed by atoms with van der Waals surface area (Å²) in [5.74, 6) is 0.0109. The zero-order valence-electron chi connectivity index (χ0n) is 12.2. The average Bonchev–Trinajstić information content (AvgIpc) is 2.37. The molecule has 0 heterocycles. The maximum absolute atomic E-state index is 11.1. The Kier molecular flexibility index (Phi) is 4.45. The molecule has 1 aliphatic carbocycles. The van der Waals surface area contributed by atoms with Crippen molar-refractivity contribution in [3.63, 3.8) is 0 Å². The molecule has 114 valence electrons. The Bertz CT molecular complexity index is 549. The van der Waals surface area contributed by atoms with Gasteiger partial charge in [-0.05, 0) is 43.2 Å². The van der Waals surface area contributed by atoms with Gasteiger partial charge in [0, 0.05) is 12.1 Å². The molecule has 0 radical (unpaired) electrons. The second-order valence-corrected chi connectivity index (χ2v) is 6.05. The summed E-state index contributed by atoms with van der Waals surface area (Å²) in [5, 5.41) is 23.3. The number of carboxylic acids is 1. The lowest BCUT2D eigenvalue weighted by molar-refractivity contribution is -0.384. The molecule has 1 aromatic carbocycles. The molecule has 6 nitrogen and oxygen atoms in total. The highest BCUT2D eigenvalue weighted by atomic mass is 16.6. The molecule has 1 aromatic rings. The van der Waals surface area contributed by atoms with Crippen LogP contribution in [0.3, 0.4) is 0 Å². The first-order valence-electron chi connectivity index (χ1n) is 7.15. The molecule has 0 aliphatic heterocycles. The van der Waals surface area contributed by atoms with Crippen LogP contribution in [0.25, 0.3) is 0 Å². The van der Waals surface area contributed by atoms with Crippen LogP contribution in [0, 0.1) is 22.0 Å². The minimum atomic E-state index is -1.16. The van der Waals surface area contributed by atoms with E-state index in [0.717, 1.165) is 18.9 Å². The largest absolute Gasteiger partial charge is 0.478 e. The summed E-state index contributed by atoms with van der Waals surface area (Å²) in [6.07, 6.45) is 3.13. The monoisotopic (exact) mass is 292 g/mol. The summed E-state index contributed by atoms with van der Waals surface area (Å²) in [7, 11) is 0. The maximum atomic E-state index is 11.1. The van der Waals surface area contributed by atoms with Gasteiger partial charge in [-0.1, -0.05) is 13.8 Å². The van der Waals surface area contributed by atoms with Crippen molar-refractivity contribution in [1.29, 1.82) is 0 Å². The lowest BCUT2D eigenvalue weighted by atomic mass is 9.80. The van der Waals surface area contributed by atoms with E-state index < -0.39 is 10.9 Å². The van der Waals surface area contributed by atoms with E-state index in [0.29, 0.717) is 17.5 Å². The molecule has 1 saturated carbocycles. The normalized spacial score (nSPS) is 25.3. The predicted octanol–water partition coefficient (Wildman–Crippen LogP) is 3.53. The van der Waals surface area contributed by atoms with Gasteiger partial charge in [0.1, 0.15) is 5.69 Å². The molecule has 0 aromatic heterocycles. The van der Waals surface area contributed by atoms with Crippen molar-refractivity contribution in [2.45, 2.75) is 39.2 Å². The van der Waals surface area contributed by atoms with Crippen LogP contribution in [0.5, 0.6) is 0 Å². The molecule has 0 spiro atoms. The van der Waals surface area contributed by atoms with E-state index in [1.807, 2.05) is 0 Å². The van der Waals surface area contributed by atoms with Gasteiger partial charge in [0.15, 0.2) is 0 Å². The van der Waals surface area contributed by atoms with Gasteiger partial charge in [-0.25, -0.2) is 4.79 Å². The van der Waals surface area contributed by atoms with Crippen molar-refractivity contribution in [3.8, 4) is 0 Å². The molecule has 2 unspecified atom stereocenters. The highest BCUT2D eigenvalue weighted by molar-refractivity contribution is 5.89. The van der Waals surface area contributed by atoms with Crippen molar-refractivity contribution in [2.24, 2.45) is 11.8 Å². The fourth-order valence-electron chi connectivity index (χ4n) is 3.22. The number of carboxylic acid groups (broad SMARTS) is 1. The molecule has 21 heavy (non-hydrogen) atoms. The van der Waals surface area contributed by atoms with Gasteiger partial charge < -0.3 is 10.4 Å². The number of nitro groups is 1. The molecule has 0 amide bonds. The summed E-state index contributed by atoms with van der Waals surface area (Å²) in [5.41, 5.74) is 0.148. The first kappa shape index (κ1) is 15.3. The van der Waals surface area contributed by atoms with Crippen LogP contribution in [0.4, 0.5) is 11.4 Å². The number of anilines is 1. The Balaban J connectivity index is 2.23. The van der Waals surface area contributed by atoms with Crippen LogP contribution in [0.15, 0.2) is 18.2 Å². The lowest BCUT2D eigenvalue weighted by Gasteiger charge is -2.32. The summed E-state index contributed by atoms with van der Waals surface area (Å²) in [6, 6.07) is 4.19. The summed E-state index contributed by atoms with van der Waals surface area (Å²) >= 11 is 0. The van der Waals surface area contributed by atoms with Crippen molar-refractivity contribution >= 4 is 17.3 Å². The summed E-state index contributed by atoms with van der Waals surface area (Å²) in [6.45, 7) is 4.37. The second kappa shape index (κ2) is 6.11. The van der Waals surface area contributed by atoms with Crippen molar-refractivity contribution < 1.29 is 14.8 Å². The number of rotatable bonds is 4. The average molecular weight is 292 g/mol. The van der Waals surface area contributed by atoms with E-state index in [-0.39, 0.29) is 17.3 Å².